The number of rotatable bonds is 5. The summed E-state index contributed by atoms with van der Waals surface area (Å²) in [5.41, 5.74) is 1.08. The highest BCUT2D eigenvalue weighted by molar-refractivity contribution is 5.94. The minimum Gasteiger partial charge on any atom is -0.497 e. The Bertz CT molecular complexity index is 745. The maximum atomic E-state index is 12.0. The Morgan fingerprint density at radius 1 is 1.12 bits per heavy atom. The van der Waals surface area contributed by atoms with Crippen LogP contribution in [0.1, 0.15) is 12.5 Å². The van der Waals surface area contributed by atoms with Gasteiger partial charge in [0.2, 0.25) is 5.91 Å². The Labute approximate surface area is 141 Å². The van der Waals surface area contributed by atoms with E-state index in [2.05, 4.69) is 16.1 Å². The second-order valence-corrected chi connectivity index (χ2v) is 5.62. The summed E-state index contributed by atoms with van der Waals surface area (Å²) in [6.07, 6.45) is -0.750. The molecule has 0 spiro atoms. The van der Waals surface area contributed by atoms with Gasteiger partial charge in [-0.3, -0.25) is 15.0 Å². The molecule has 0 unspecified atom stereocenters. The van der Waals surface area contributed by atoms with Gasteiger partial charge >= 0.3 is 6.09 Å². The lowest BCUT2D eigenvalue weighted by molar-refractivity contribution is -0.124. The Kier molecular flexibility index (Phi) is 5.76. The smallest absolute Gasteiger partial charge is 0.413 e. The third-order valence-electron chi connectivity index (χ3n) is 4.00. The fraction of sp³-hybridized carbons (Fsp3) is 0.333. The van der Waals surface area contributed by atoms with Crippen molar-refractivity contribution in [3.8, 4) is 5.75 Å². The molecule has 0 aromatic heterocycles. The maximum absolute atomic E-state index is 12.0. The standard InChI is InChI=1S/C18H22N2O4/c1-12(17(21)19-18(22)24-4)20(2)11-13-5-6-15-10-16(23-3)8-7-14(15)9-13/h5-10,12H,11H2,1-4H3,(H,19,21,22)/t12-/m1/s1. The topological polar surface area (TPSA) is 67.9 Å². The van der Waals surface area contributed by atoms with Gasteiger partial charge in [-0.15, -0.1) is 0 Å². The fourth-order valence-electron chi connectivity index (χ4n) is 2.38. The van der Waals surface area contributed by atoms with E-state index in [1.54, 1.807) is 14.0 Å². The quantitative estimate of drug-likeness (QED) is 0.912. The van der Waals surface area contributed by atoms with E-state index in [9.17, 15) is 9.59 Å². The highest BCUT2D eigenvalue weighted by Gasteiger charge is 2.20. The zero-order valence-corrected chi connectivity index (χ0v) is 14.3. The van der Waals surface area contributed by atoms with Crippen LogP contribution in [0.15, 0.2) is 36.4 Å². The van der Waals surface area contributed by atoms with Crippen LogP contribution in [-0.2, 0) is 16.1 Å². The van der Waals surface area contributed by atoms with Crippen LogP contribution in [0.25, 0.3) is 10.8 Å². The van der Waals surface area contributed by atoms with Crippen LogP contribution in [0.2, 0.25) is 0 Å². The van der Waals surface area contributed by atoms with Crippen molar-refractivity contribution in [2.24, 2.45) is 0 Å². The molecule has 1 atom stereocenters. The lowest BCUT2D eigenvalue weighted by Crippen LogP contribution is -2.45. The number of amides is 2. The minimum atomic E-state index is -0.750. The van der Waals surface area contributed by atoms with E-state index in [1.165, 1.54) is 7.11 Å². The van der Waals surface area contributed by atoms with Crippen molar-refractivity contribution in [3.05, 3.63) is 42.0 Å². The second-order valence-electron chi connectivity index (χ2n) is 5.62. The van der Waals surface area contributed by atoms with Gasteiger partial charge in [-0.05, 0) is 48.5 Å². The summed E-state index contributed by atoms with van der Waals surface area (Å²) >= 11 is 0. The normalized spacial score (nSPS) is 12.0. The van der Waals surface area contributed by atoms with Crippen LogP contribution < -0.4 is 10.1 Å². The fourth-order valence-corrected chi connectivity index (χ4v) is 2.38. The van der Waals surface area contributed by atoms with E-state index >= 15 is 0 Å². The van der Waals surface area contributed by atoms with Crippen LogP contribution in [-0.4, -0.2) is 44.2 Å². The van der Waals surface area contributed by atoms with Crippen molar-refractivity contribution < 1.29 is 19.1 Å². The molecule has 0 aliphatic rings. The molecule has 2 aromatic rings. The number of ether oxygens (including phenoxy) is 2. The van der Waals surface area contributed by atoms with E-state index in [4.69, 9.17) is 4.74 Å². The zero-order chi connectivity index (χ0) is 17.7. The number of hydrogen-bond donors (Lipinski definition) is 1. The summed E-state index contributed by atoms with van der Waals surface area (Å²) in [5.74, 6) is 0.426. The van der Waals surface area contributed by atoms with Gasteiger partial charge in [0, 0.05) is 6.54 Å². The third kappa shape index (κ3) is 4.23. The molecule has 0 fully saturated rings. The van der Waals surface area contributed by atoms with Crippen molar-refractivity contribution in [2.75, 3.05) is 21.3 Å². The number of alkyl carbamates (subject to hydrolysis) is 1. The summed E-state index contributed by atoms with van der Waals surface area (Å²) in [5, 5.41) is 4.38. The van der Waals surface area contributed by atoms with Gasteiger partial charge in [-0.1, -0.05) is 18.2 Å². The summed E-state index contributed by atoms with van der Waals surface area (Å²) in [4.78, 5) is 24.9. The van der Waals surface area contributed by atoms with Crippen molar-refractivity contribution in [1.82, 2.24) is 10.2 Å². The molecule has 0 aliphatic heterocycles. The first-order chi connectivity index (χ1) is 11.4. The summed E-state index contributed by atoms with van der Waals surface area (Å²) in [6.45, 7) is 2.32. The molecule has 2 amide bonds. The van der Waals surface area contributed by atoms with Crippen LogP contribution in [0, 0.1) is 0 Å². The number of carbonyl (C=O) groups excluding carboxylic acids is 2. The largest absolute Gasteiger partial charge is 0.497 e. The highest BCUT2D eigenvalue weighted by Crippen LogP contribution is 2.22. The number of nitrogens with zero attached hydrogens (tertiary/aromatic N) is 1. The lowest BCUT2D eigenvalue weighted by atomic mass is 10.1. The highest BCUT2D eigenvalue weighted by atomic mass is 16.5. The molecule has 2 rings (SSSR count). The maximum Gasteiger partial charge on any atom is 0.413 e. The van der Waals surface area contributed by atoms with Crippen LogP contribution in [0.5, 0.6) is 5.75 Å². The van der Waals surface area contributed by atoms with Crippen LogP contribution >= 0.6 is 0 Å². The molecule has 6 nitrogen and oxygen atoms in total. The van der Waals surface area contributed by atoms with Crippen LogP contribution in [0.3, 0.4) is 0 Å². The number of hydrogen-bond acceptors (Lipinski definition) is 5. The van der Waals surface area contributed by atoms with E-state index in [0.717, 1.165) is 22.1 Å². The van der Waals surface area contributed by atoms with Crippen molar-refractivity contribution >= 4 is 22.8 Å². The molecule has 0 bridgehead atoms. The van der Waals surface area contributed by atoms with Gasteiger partial charge < -0.3 is 9.47 Å². The van der Waals surface area contributed by atoms with Gasteiger partial charge in [-0.2, -0.15) is 0 Å². The monoisotopic (exact) mass is 330 g/mol. The molecule has 0 radical (unpaired) electrons. The second kappa shape index (κ2) is 7.79. The average molecular weight is 330 g/mol. The van der Waals surface area contributed by atoms with E-state index in [1.807, 2.05) is 42.3 Å². The number of nitrogens with one attached hydrogen (secondary N) is 1. The predicted octanol–water partition coefficient (Wildman–Crippen LogP) is 2.55. The summed E-state index contributed by atoms with van der Waals surface area (Å²) in [7, 11) is 4.70. The first-order valence-corrected chi connectivity index (χ1v) is 7.60. The number of fused-ring (bicyclic) bond motifs is 1. The predicted molar refractivity (Wildman–Crippen MR) is 92.0 cm³/mol. The van der Waals surface area contributed by atoms with Gasteiger partial charge in [0.15, 0.2) is 0 Å². The molecule has 0 saturated heterocycles. The Balaban J connectivity index is 2.08. The van der Waals surface area contributed by atoms with E-state index < -0.39 is 18.0 Å². The third-order valence-corrected chi connectivity index (χ3v) is 4.00. The molecule has 0 saturated carbocycles. The van der Waals surface area contributed by atoms with E-state index in [0.29, 0.717) is 6.54 Å². The average Bonchev–Trinajstić information content (AvgIpc) is 2.60. The number of likely N-dealkylation sites (N-methyl/N-ethyl adjacent to an activating group) is 1. The van der Waals surface area contributed by atoms with E-state index in [-0.39, 0.29) is 0 Å². The van der Waals surface area contributed by atoms with Gasteiger partial charge in [0.1, 0.15) is 5.75 Å². The van der Waals surface area contributed by atoms with Crippen molar-refractivity contribution in [3.63, 3.8) is 0 Å². The number of carbonyl (C=O) groups is 2. The molecular weight excluding hydrogens is 308 g/mol. The Morgan fingerprint density at radius 3 is 2.46 bits per heavy atom. The molecule has 24 heavy (non-hydrogen) atoms. The summed E-state index contributed by atoms with van der Waals surface area (Å²) in [6, 6.07) is 11.6. The van der Waals surface area contributed by atoms with Crippen molar-refractivity contribution in [1.29, 1.82) is 0 Å². The first kappa shape index (κ1) is 17.7. The molecule has 6 heteroatoms. The van der Waals surface area contributed by atoms with Gasteiger partial charge in [0.25, 0.3) is 0 Å². The zero-order valence-electron chi connectivity index (χ0n) is 14.3. The first-order valence-electron chi connectivity index (χ1n) is 7.60. The molecule has 0 aliphatic carbocycles. The summed E-state index contributed by atoms with van der Waals surface area (Å²) < 4.78 is 9.66. The SMILES string of the molecule is COC(=O)NC(=O)[C@@H](C)N(C)Cc1ccc2cc(OC)ccc2c1. The molecule has 0 heterocycles. The number of methoxy groups -OCH3 is 2. The number of benzene rings is 2. The molecule has 2 aromatic carbocycles. The minimum absolute atomic E-state index is 0.394. The molecule has 128 valence electrons. The van der Waals surface area contributed by atoms with Gasteiger partial charge in [-0.25, -0.2) is 4.79 Å². The molecular formula is C18H22N2O4. The van der Waals surface area contributed by atoms with Gasteiger partial charge in [0.05, 0.1) is 20.3 Å². The lowest BCUT2D eigenvalue weighted by Gasteiger charge is -2.23. The van der Waals surface area contributed by atoms with Crippen LogP contribution in [0.4, 0.5) is 4.79 Å². The number of imide groups is 1. The van der Waals surface area contributed by atoms with Crippen molar-refractivity contribution in [2.45, 2.75) is 19.5 Å². The Hall–Kier alpha value is -2.60. The molecule has 1 N–H and O–H groups in total. The Morgan fingerprint density at radius 2 is 1.79 bits per heavy atom.